The third kappa shape index (κ3) is 3.17. The van der Waals surface area contributed by atoms with Crippen molar-refractivity contribution in [3.63, 3.8) is 0 Å². The second-order valence-electron chi connectivity index (χ2n) is 4.37. The van der Waals surface area contributed by atoms with Gasteiger partial charge >= 0.3 is 0 Å². The Labute approximate surface area is 122 Å². The zero-order chi connectivity index (χ0) is 14.8. The first-order chi connectivity index (χ1) is 9.44. The molecule has 0 spiro atoms. The summed E-state index contributed by atoms with van der Waals surface area (Å²) in [6.07, 6.45) is 2.68. The number of thiazole rings is 1. The van der Waals surface area contributed by atoms with Crippen LogP contribution in [0.15, 0.2) is 29.3 Å². The third-order valence-corrected chi connectivity index (χ3v) is 5.67. The first kappa shape index (κ1) is 15.0. The predicted molar refractivity (Wildman–Crippen MR) is 81.1 cm³/mol. The lowest BCUT2D eigenvalue weighted by molar-refractivity contribution is 0.580. The molecule has 0 amide bonds. The van der Waals surface area contributed by atoms with Gasteiger partial charge in [-0.1, -0.05) is 13.0 Å². The van der Waals surface area contributed by atoms with E-state index in [0.29, 0.717) is 11.3 Å². The summed E-state index contributed by atoms with van der Waals surface area (Å²) < 4.78 is 27.1. The summed E-state index contributed by atoms with van der Waals surface area (Å²) in [5.74, 6) is 0. The Morgan fingerprint density at radius 1 is 1.40 bits per heavy atom. The fourth-order valence-electron chi connectivity index (χ4n) is 1.75. The maximum atomic E-state index is 12.3. The molecule has 1 aromatic carbocycles. The summed E-state index contributed by atoms with van der Waals surface area (Å²) in [6.45, 7) is 3.93. The molecule has 0 aliphatic heterocycles. The molecule has 0 aliphatic carbocycles. The molecule has 0 radical (unpaired) electrons. The lowest BCUT2D eigenvalue weighted by Crippen LogP contribution is -2.24. The van der Waals surface area contributed by atoms with Gasteiger partial charge in [-0.2, -0.15) is 0 Å². The number of nitrogens with one attached hydrogen (secondary N) is 1. The Balaban J connectivity index is 2.17. The number of nitrogens with two attached hydrogens (primary N) is 1. The van der Waals surface area contributed by atoms with Crippen molar-refractivity contribution in [1.82, 2.24) is 9.71 Å². The van der Waals surface area contributed by atoms with Crippen LogP contribution in [-0.2, 0) is 23.0 Å². The van der Waals surface area contributed by atoms with Gasteiger partial charge in [0.25, 0.3) is 0 Å². The summed E-state index contributed by atoms with van der Waals surface area (Å²) in [4.78, 5) is 5.54. The molecule has 0 unspecified atom stereocenters. The van der Waals surface area contributed by atoms with E-state index in [0.717, 1.165) is 16.3 Å². The van der Waals surface area contributed by atoms with Crippen molar-refractivity contribution in [2.45, 2.75) is 31.7 Å². The minimum atomic E-state index is -3.57. The largest absolute Gasteiger partial charge is 0.398 e. The van der Waals surface area contributed by atoms with Crippen LogP contribution >= 0.6 is 11.3 Å². The van der Waals surface area contributed by atoms with E-state index in [4.69, 9.17) is 5.73 Å². The highest BCUT2D eigenvalue weighted by Gasteiger charge is 2.18. The first-order valence-electron chi connectivity index (χ1n) is 6.22. The Morgan fingerprint density at radius 3 is 2.80 bits per heavy atom. The number of nitrogen functional groups attached to an aromatic ring is 1. The average Bonchev–Trinajstić information content (AvgIpc) is 2.87. The number of hydrogen-bond donors (Lipinski definition) is 2. The molecule has 0 aliphatic rings. The maximum absolute atomic E-state index is 12.3. The molecule has 1 heterocycles. The Kier molecular flexibility index (Phi) is 4.42. The highest BCUT2D eigenvalue weighted by Crippen LogP contribution is 2.21. The number of aryl methyl sites for hydroxylation is 1. The molecule has 1 aromatic heterocycles. The van der Waals surface area contributed by atoms with Gasteiger partial charge in [-0.3, -0.25) is 0 Å². The average molecular weight is 311 g/mol. The Morgan fingerprint density at radius 2 is 2.15 bits per heavy atom. The summed E-state index contributed by atoms with van der Waals surface area (Å²) in [5, 5.41) is 0.756. The number of hydrogen-bond acceptors (Lipinski definition) is 5. The van der Waals surface area contributed by atoms with Gasteiger partial charge in [-0.15, -0.1) is 11.3 Å². The molecule has 3 N–H and O–H groups in total. The number of rotatable bonds is 5. The molecule has 0 atom stereocenters. The van der Waals surface area contributed by atoms with Crippen molar-refractivity contribution < 1.29 is 8.42 Å². The summed E-state index contributed by atoms with van der Waals surface area (Å²) in [6, 6.07) is 4.87. The van der Waals surface area contributed by atoms with Crippen LogP contribution in [0.2, 0.25) is 0 Å². The molecule has 0 bridgehead atoms. The third-order valence-electron chi connectivity index (χ3n) is 2.98. The van der Waals surface area contributed by atoms with E-state index < -0.39 is 10.0 Å². The van der Waals surface area contributed by atoms with Gasteiger partial charge in [0.05, 0.1) is 11.4 Å². The summed E-state index contributed by atoms with van der Waals surface area (Å²) in [5.41, 5.74) is 6.77. The van der Waals surface area contributed by atoms with Crippen LogP contribution < -0.4 is 10.5 Å². The van der Waals surface area contributed by atoms with Gasteiger partial charge in [0.2, 0.25) is 10.0 Å². The van der Waals surface area contributed by atoms with Gasteiger partial charge in [0.1, 0.15) is 5.01 Å². The van der Waals surface area contributed by atoms with E-state index in [1.165, 1.54) is 11.3 Å². The van der Waals surface area contributed by atoms with Crippen molar-refractivity contribution in [3.8, 4) is 0 Å². The van der Waals surface area contributed by atoms with Crippen LogP contribution in [-0.4, -0.2) is 13.4 Å². The predicted octanol–water partition coefficient (Wildman–Crippen LogP) is 2.07. The van der Waals surface area contributed by atoms with Crippen molar-refractivity contribution in [1.29, 1.82) is 0 Å². The van der Waals surface area contributed by atoms with E-state index in [-0.39, 0.29) is 11.4 Å². The number of sulfonamides is 1. The van der Waals surface area contributed by atoms with Crippen molar-refractivity contribution >= 4 is 27.0 Å². The van der Waals surface area contributed by atoms with E-state index in [1.807, 2.05) is 6.92 Å². The van der Waals surface area contributed by atoms with Crippen LogP contribution in [0.1, 0.15) is 22.4 Å². The van der Waals surface area contributed by atoms with E-state index in [9.17, 15) is 8.42 Å². The minimum absolute atomic E-state index is 0.196. The van der Waals surface area contributed by atoms with Gasteiger partial charge in [-0.25, -0.2) is 18.1 Å². The van der Waals surface area contributed by atoms with E-state index in [2.05, 4.69) is 9.71 Å². The van der Waals surface area contributed by atoms with Crippen LogP contribution in [0.4, 0.5) is 5.69 Å². The van der Waals surface area contributed by atoms with Gasteiger partial charge in [0.15, 0.2) is 0 Å². The monoisotopic (exact) mass is 311 g/mol. The minimum Gasteiger partial charge on any atom is -0.398 e. The zero-order valence-electron chi connectivity index (χ0n) is 11.4. The van der Waals surface area contributed by atoms with Gasteiger partial charge in [0, 0.05) is 16.8 Å². The van der Waals surface area contributed by atoms with Crippen LogP contribution in [0.25, 0.3) is 0 Å². The molecule has 20 heavy (non-hydrogen) atoms. The lowest BCUT2D eigenvalue weighted by atomic mass is 10.2. The second-order valence-corrected chi connectivity index (χ2v) is 7.30. The Hall–Kier alpha value is -1.44. The molecule has 7 heteroatoms. The molecule has 2 aromatic rings. The van der Waals surface area contributed by atoms with Gasteiger partial charge < -0.3 is 5.73 Å². The molecule has 108 valence electrons. The number of benzene rings is 1. The van der Waals surface area contributed by atoms with Crippen LogP contribution in [0.5, 0.6) is 0 Å². The molecule has 5 nitrogen and oxygen atoms in total. The lowest BCUT2D eigenvalue weighted by Gasteiger charge is -2.09. The smallest absolute Gasteiger partial charge is 0.241 e. The maximum Gasteiger partial charge on any atom is 0.241 e. The van der Waals surface area contributed by atoms with Gasteiger partial charge in [-0.05, 0) is 31.0 Å². The molecule has 2 rings (SSSR count). The fourth-order valence-corrected chi connectivity index (χ4v) is 3.90. The quantitative estimate of drug-likeness (QED) is 0.828. The van der Waals surface area contributed by atoms with E-state index in [1.54, 1.807) is 31.3 Å². The van der Waals surface area contributed by atoms with Crippen molar-refractivity contribution in [2.24, 2.45) is 0 Å². The molecular weight excluding hydrogens is 294 g/mol. The number of anilines is 1. The number of aromatic nitrogens is 1. The normalized spacial score (nSPS) is 11.7. The second kappa shape index (κ2) is 5.90. The standard InChI is InChI=1S/C13H17N3O2S2/c1-3-10-7-15-13(19-10)8-16-20(17,18)12-6-4-5-11(14)9(12)2/h4-7,16H,3,8,14H2,1-2H3. The number of nitrogens with zero attached hydrogens (tertiary/aromatic N) is 1. The van der Waals surface area contributed by atoms with Crippen LogP contribution in [0, 0.1) is 6.92 Å². The molecule has 0 saturated carbocycles. The summed E-state index contributed by atoms with van der Waals surface area (Å²) >= 11 is 1.51. The van der Waals surface area contributed by atoms with Crippen molar-refractivity contribution in [2.75, 3.05) is 5.73 Å². The highest BCUT2D eigenvalue weighted by atomic mass is 32.2. The molecule has 0 fully saturated rings. The van der Waals surface area contributed by atoms with E-state index >= 15 is 0 Å². The first-order valence-corrected chi connectivity index (χ1v) is 8.52. The SMILES string of the molecule is CCc1cnc(CNS(=O)(=O)c2cccc(N)c2C)s1. The fraction of sp³-hybridized carbons (Fsp3) is 0.308. The molecular formula is C13H17N3O2S2. The topological polar surface area (TPSA) is 85.1 Å². The summed E-state index contributed by atoms with van der Waals surface area (Å²) in [7, 11) is -3.57. The van der Waals surface area contributed by atoms with Crippen LogP contribution in [0.3, 0.4) is 0 Å². The van der Waals surface area contributed by atoms with Crippen molar-refractivity contribution in [3.05, 3.63) is 39.8 Å². The zero-order valence-corrected chi connectivity index (χ0v) is 13.0. The Bertz CT molecular complexity index is 708. The molecule has 0 saturated heterocycles. The highest BCUT2D eigenvalue weighted by molar-refractivity contribution is 7.89.